The van der Waals surface area contributed by atoms with Crippen LogP contribution in [0.4, 0.5) is 10.1 Å². The zero-order chi connectivity index (χ0) is 10.4. The van der Waals surface area contributed by atoms with Gasteiger partial charge in [-0.1, -0.05) is 5.92 Å². The van der Waals surface area contributed by atoms with Gasteiger partial charge >= 0.3 is 0 Å². The van der Waals surface area contributed by atoms with Crippen LogP contribution in [0.5, 0.6) is 0 Å². The molecule has 0 spiro atoms. The number of rotatable bonds is 2. The van der Waals surface area contributed by atoms with E-state index in [4.69, 9.17) is 5.26 Å². The predicted octanol–water partition coefficient (Wildman–Crippen LogP) is 2.13. The number of halogens is 1. The lowest BCUT2D eigenvalue weighted by molar-refractivity contribution is 0.627. The Hall–Kier alpha value is -2.00. The molecule has 1 N–H and O–H groups in total. The molecule has 1 rings (SSSR count). The van der Waals surface area contributed by atoms with E-state index in [-0.39, 0.29) is 0 Å². The molecular weight excluding hydrogens is 179 g/mol. The molecule has 0 radical (unpaired) electrons. The van der Waals surface area contributed by atoms with Crippen molar-refractivity contribution in [1.82, 2.24) is 0 Å². The van der Waals surface area contributed by atoms with E-state index >= 15 is 0 Å². The molecule has 0 aliphatic heterocycles. The standard InChI is InChI=1S/C11H9FN2/c1-2-3-6-14-11-5-4-10(12)7-9(11)8-13/h4-5,7,14H,6H2,1H3. The van der Waals surface area contributed by atoms with Gasteiger partial charge in [0.15, 0.2) is 0 Å². The Morgan fingerprint density at radius 1 is 1.50 bits per heavy atom. The first-order valence-corrected chi connectivity index (χ1v) is 4.11. The van der Waals surface area contributed by atoms with Crippen LogP contribution in [0.1, 0.15) is 12.5 Å². The molecule has 1 aromatic carbocycles. The maximum Gasteiger partial charge on any atom is 0.124 e. The zero-order valence-electron chi connectivity index (χ0n) is 7.76. The molecule has 0 atom stereocenters. The van der Waals surface area contributed by atoms with E-state index in [0.29, 0.717) is 17.8 Å². The maximum absolute atomic E-state index is 12.7. The molecule has 2 nitrogen and oxygen atoms in total. The third-order valence-electron chi connectivity index (χ3n) is 1.65. The van der Waals surface area contributed by atoms with E-state index in [1.807, 2.05) is 6.07 Å². The predicted molar refractivity (Wildman–Crippen MR) is 53.1 cm³/mol. The number of nitrogens with one attached hydrogen (secondary N) is 1. The highest BCUT2D eigenvalue weighted by Gasteiger charge is 2.01. The summed E-state index contributed by atoms with van der Waals surface area (Å²) in [5.74, 6) is 5.11. The van der Waals surface area contributed by atoms with Gasteiger partial charge in [-0.05, 0) is 25.1 Å². The van der Waals surface area contributed by atoms with Gasteiger partial charge < -0.3 is 5.32 Å². The highest BCUT2D eigenvalue weighted by molar-refractivity contribution is 5.57. The van der Waals surface area contributed by atoms with E-state index in [1.54, 1.807) is 6.92 Å². The fourth-order valence-corrected chi connectivity index (χ4v) is 0.991. The molecule has 0 unspecified atom stereocenters. The Labute approximate surface area is 82.4 Å². The van der Waals surface area contributed by atoms with Crippen LogP contribution in [0.25, 0.3) is 0 Å². The van der Waals surface area contributed by atoms with E-state index < -0.39 is 5.82 Å². The maximum atomic E-state index is 12.7. The number of nitrogens with zero attached hydrogens (tertiary/aromatic N) is 1. The second-order valence-corrected chi connectivity index (χ2v) is 2.58. The second kappa shape index (κ2) is 4.89. The largest absolute Gasteiger partial charge is 0.373 e. The number of hydrogen-bond donors (Lipinski definition) is 1. The molecule has 3 heteroatoms. The van der Waals surface area contributed by atoms with Crippen molar-refractivity contribution in [2.24, 2.45) is 0 Å². The number of nitriles is 1. The molecule has 0 aromatic heterocycles. The lowest BCUT2D eigenvalue weighted by Crippen LogP contribution is -2.00. The quantitative estimate of drug-likeness (QED) is 0.722. The second-order valence-electron chi connectivity index (χ2n) is 2.58. The summed E-state index contributed by atoms with van der Waals surface area (Å²) in [4.78, 5) is 0. The Balaban J connectivity index is 2.85. The molecule has 0 fully saturated rings. The van der Waals surface area contributed by atoms with Crippen molar-refractivity contribution in [3.05, 3.63) is 29.6 Å². The van der Waals surface area contributed by atoms with Gasteiger partial charge in [-0.25, -0.2) is 4.39 Å². The van der Waals surface area contributed by atoms with Crippen LogP contribution in [0, 0.1) is 29.0 Å². The molecular formula is C11H9FN2. The molecule has 0 aliphatic rings. The number of anilines is 1. The molecule has 0 aliphatic carbocycles. The van der Waals surface area contributed by atoms with E-state index in [0.717, 1.165) is 0 Å². The molecule has 14 heavy (non-hydrogen) atoms. The summed E-state index contributed by atoms with van der Waals surface area (Å²) in [6.45, 7) is 2.19. The van der Waals surface area contributed by atoms with Crippen molar-refractivity contribution in [2.75, 3.05) is 11.9 Å². The van der Waals surface area contributed by atoms with Crippen molar-refractivity contribution in [1.29, 1.82) is 5.26 Å². The first kappa shape index (κ1) is 10.1. The van der Waals surface area contributed by atoms with Gasteiger partial charge in [0.05, 0.1) is 17.8 Å². The molecule has 0 bridgehead atoms. The molecule has 70 valence electrons. The van der Waals surface area contributed by atoms with Crippen molar-refractivity contribution < 1.29 is 4.39 Å². The normalized spacial score (nSPS) is 8.36. The molecule has 1 aromatic rings. The third kappa shape index (κ3) is 2.50. The molecule has 0 heterocycles. The summed E-state index contributed by atoms with van der Waals surface area (Å²) < 4.78 is 12.7. The van der Waals surface area contributed by atoms with Gasteiger partial charge in [0, 0.05) is 0 Å². The summed E-state index contributed by atoms with van der Waals surface area (Å²) in [6.07, 6.45) is 0. The molecule has 0 saturated carbocycles. The summed E-state index contributed by atoms with van der Waals surface area (Å²) in [5, 5.41) is 11.6. The van der Waals surface area contributed by atoms with Crippen LogP contribution in [0.3, 0.4) is 0 Å². The highest BCUT2D eigenvalue weighted by atomic mass is 19.1. The summed E-state index contributed by atoms with van der Waals surface area (Å²) >= 11 is 0. The summed E-state index contributed by atoms with van der Waals surface area (Å²) in [5.41, 5.74) is 0.902. The fourth-order valence-electron chi connectivity index (χ4n) is 0.991. The first-order chi connectivity index (χ1) is 6.77. The van der Waals surface area contributed by atoms with Crippen molar-refractivity contribution >= 4 is 5.69 Å². The minimum atomic E-state index is -0.409. The van der Waals surface area contributed by atoms with Crippen molar-refractivity contribution in [2.45, 2.75) is 6.92 Å². The highest BCUT2D eigenvalue weighted by Crippen LogP contribution is 2.15. The Morgan fingerprint density at radius 3 is 2.93 bits per heavy atom. The van der Waals surface area contributed by atoms with Crippen molar-refractivity contribution in [3.8, 4) is 17.9 Å². The van der Waals surface area contributed by atoms with E-state index in [9.17, 15) is 4.39 Å². The van der Waals surface area contributed by atoms with Gasteiger partial charge in [-0.3, -0.25) is 0 Å². The third-order valence-corrected chi connectivity index (χ3v) is 1.65. The average molecular weight is 188 g/mol. The zero-order valence-corrected chi connectivity index (χ0v) is 7.76. The van der Waals surface area contributed by atoms with Crippen LogP contribution in [0.2, 0.25) is 0 Å². The van der Waals surface area contributed by atoms with Crippen LogP contribution < -0.4 is 5.32 Å². The summed E-state index contributed by atoms with van der Waals surface area (Å²) in [6, 6.07) is 5.95. The van der Waals surface area contributed by atoms with Crippen molar-refractivity contribution in [3.63, 3.8) is 0 Å². The van der Waals surface area contributed by atoms with E-state index in [1.165, 1.54) is 18.2 Å². The van der Waals surface area contributed by atoms with Crippen LogP contribution in [-0.4, -0.2) is 6.54 Å². The van der Waals surface area contributed by atoms with Crippen LogP contribution in [-0.2, 0) is 0 Å². The van der Waals surface area contributed by atoms with Crippen LogP contribution in [0.15, 0.2) is 18.2 Å². The summed E-state index contributed by atoms with van der Waals surface area (Å²) in [7, 11) is 0. The minimum Gasteiger partial charge on any atom is -0.373 e. The molecule has 0 saturated heterocycles. The van der Waals surface area contributed by atoms with Gasteiger partial charge in [0.25, 0.3) is 0 Å². The van der Waals surface area contributed by atoms with E-state index in [2.05, 4.69) is 17.2 Å². The van der Waals surface area contributed by atoms with Gasteiger partial charge in [-0.2, -0.15) is 5.26 Å². The number of hydrogen-bond acceptors (Lipinski definition) is 2. The topological polar surface area (TPSA) is 35.8 Å². The fraction of sp³-hybridized carbons (Fsp3) is 0.182. The Morgan fingerprint density at radius 2 is 2.29 bits per heavy atom. The van der Waals surface area contributed by atoms with Gasteiger partial charge in [0.1, 0.15) is 11.9 Å². The average Bonchev–Trinajstić information content (AvgIpc) is 2.20. The Bertz CT molecular complexity index is 421. The monoisotopic (exact) mass is 188 g/mol. The lowest BCUT2D eigenvalue weighted by atomic mass is 10.2. The van der Waals surface area contributed by atoms with Crippen LogP contribution >= 0.6 is 0 Å². The minimum absolute atomic E-state index is 0.294. The SMILES string of the molecule is CC#CCNc1ccc(F)cc1C#N. The van der Waals surface area contributed by atoms with Gasteiger partial charge in [0.2, 0.25) is 0 Å². The Kier molecular flexibility index (Phi) is 3.52. The lowest BCUT2D eigenvalue weighted by Gasteiger charge is -2.03. The first-order valence-electron chi connectivity index (χ1n) is 4.11. The molecule has 0 amide bonds. The van der Waals surface area contributed by atoms with Gasteiger partial charge in [-0.15, -0.1) is 5.92 Å². The smallest absolute Gasteiger partial charge is 0.124 e. The number of benzene rings is 1.